The van der Waals surface area contributed by atoms with Crippen molar-refractivity contribution in [1.82, 2.24) is 5.32 Å². The number of hydrogen-bond donors (Lipinski definition) is 2. The predicted octanol–water partition coefficient (Wildman–Crippen LogP) is 3.07. The van der Waals surface area contributed by atoms with Gasteiger partial charge < -0.3 is 10.6 Å². The summed E-state index contributed by atoms with van der Waals surface area (Å²) in [5.41, 5.74) is 1.95. The second-order valence-electron chi connectivity index (χ2n) is 4.54. The van der Waals surface area contributed by atoms with Crippen LogP contribution in [0, 0.1) is 0 Å². The van der Waals surface area contributed by atoms with Crippen LogP contribution in [0.1, 0.15) is 28.6 Å². The van der Waals surface area contributed by atoms with E-state index in [0.717, 1.165) is 17.7 Å². The number of nitrogens with one attached hydrogen (secondary N) is 2. The van der Waals surface area contributed by atoms with Gasteiger partial charge in [0, 0.05) is 18.7 Å². The Morgan fingerprint density at radius 2 is 1.95 bits per heavy atom. The molecule has 0 aliphatic carbocycles. The van der Waals surface area contributed by atoms with Gasteiger partial charge in [-0.2, -0.15) is 0 Å². The monoisotopic (exact) mass is 302 g/mol. The summed E-state index contributed by atoms with van der Waals surface area (Å²) in [6.45, 7) is 2.38. The van der Waals surface area contributed by atoms with Crippen molar-refractivity contribution >= 4 is 28.8 Å². The van der Waals surface area contributed by atoms with Gasteiger partial charge in [-0.05, 0) is 29.5 Å². The molecule has 21 heavy (non-hydrogen) atoms. The van der Waals surface area contributed by atoms with Crippen LogP contribution in [-0.4, -0.2) is 18.4 Å². The molecule has 0 radical (unpaired) electrons. The summed E-state index contributed by atoms with van der Waals surface area (Å²) in [5, 5.41) is 7.47. The van der Waals surface area contributed by atoms with Crippen LogP contribution in [0.3, 0.4) is 0 Å². The van der Waals surface area contributed by atoms with E-state index >= 15 is 0 Å². The molecule has 0 atom stereocenters. The number of carbonyl (C=O) groups excluding carboxylic acids is 2. The van der Waals surface area contributed by atoms with Crippen molar-refractivity contribution in [2.75, 3.05) is 11.9 Å². The molecule has 0 spiro atoms. The fourth-order valence-corrected chi connectivity index (χ4v) is 2.59. The van der Waals surface area contributed by atoms with E-state index in [1.54, 1.807) is 6.07 Å². The van der Waals surface area contributed by atoms with Crippen molar-refractivity contribution in [2.24, 2.45) is 0 Å². The Bertz CT molecular complexity index is 608. The van der Waals surface area contributed by atoms with E-state index < -0.39 is 0 Å². The Morgan fingerprint density at radius 1 is 1.14 bits per heavy atom. The average molecular weight is 302 g/mol. The van der Waals surface area contributed by atoms with Crippen molar-refractivity contribution < 1.29 is 9.59 Å². The number of hydrogen-bond acceptors (Lipinski definition) is 3. The van der Waals surface area contributed by atoms with E-state index in [-0.39, 0.29) is 18.2 Å². The number of rotatable bonds is 6. The second-order valence-corrected chi connectivity index (χ2v) is 5.49. The zero-order chi connectivity index (χ0) is 15.1. The molecule has 1 heterocycles. The highest BCUT2D eigenvalue weighted by Crippen LogP contribution is 2.15. The first kappa shape index (κ1) is 15.3. The molecular weight excluding hydrogens is 284 g/mol. The van der Waals surface area contributed by atoms with Crippen LogP contribution >= 0.6 is 11.3 Å². The number of thiophene rings is 1. The Hall–Kier alpha value is -2.14. The Labute approximate surface area is 128 Å². The molecule has 2 N–H and O–H groups in total. The molecule has 0 fully saturated rings. The fraction of sp³-hybridized carbons (Fsp3) is 0.250. The minimum Gasteiger partial charge on any atom is -0.351 e. The first-order valence-electron chi connectivity index (χ1n) is 6.90. The summed E-state index contributed by atoms with van der Waals surface area (Å²) in [6, 6.07) is 11.3. The minimum atomic E-state index is -0.133. The molecule has 0 aliphatic heterocycles. The van der Waals surface area contributed by atoms with E-state index in [9.17, 15) is 9.59 Å². The Balaban J connectivity index is 1.79. The predicted molar refractivity (Wildman–Crippen MR) is 85.7 cm³/mol. The van der Waals surface area contributed by atoms with Gasteiger partial charge in [-0.15, -0.1) is 11.3 Å². The summed E-state index contributed by atoms with van der Waals surface area (Å²) in [4.78, 5) is 24.3. The zero-order valence-corrected chi connectivity index (χ0v) is 12.7. The van der Waals surface area contributed by atoms with Crippen molar-refractivity contribution in [2.45, 2.75) is 19.8 Å². The Kier molecular flexibility index (Phi) is 5.51. The molecule has 1 aromatic carbocycles. The molecule has 2 rings (SSSR count). The van der Waals surface area contributed by atoms with Crippen molar-refractivity contribution in [3.63, 3.8) is 0 Å². The SMILES string of the molecule is CCc1ccccc1NC(=O)CCNC(=O)c1cccs1. The van der Waals surface area contributed by atoms with Crippen molar-refractivity contribution in [3.8, 4) is 0 Å². The van der Waals surface area contributed by atoms with Crippen molar-refractivity contribution in [3.05, 3.63) is 52.2 Å². The number of carbonyl (C=O) groups is 2. The third-order valence-corrected chi connectivity index (χ3v) is 3.92. The van der Waals surface area contributed by atoms with E-state index in [4.69, 9.17) is 0 Å². The largest absolute Gasteiger partial charge is 0.351 e. The molecule has 2 amide bonds. The summed E-state index contributed by atoms with van der Waals surface area (Å²) >= 11 is 1.38. The maximum absolute atomic E-state index is 11.9. The normalized spacial score (nSPS) is 10.1. The number of anilines is 1. The van der Waals surface area contributed by atoms with Crippen LogP contribution in [0.2, 0.25) is 0 Å². The fourth-order valence-electron chi connectivity index (χ4n) is 1.95. The molecule has 0 saturated carbocycles. The van der Waals surface area contributed by atoms with Gasteiger partial charge in [-0.25, -0.2) is 0 Å². The molecule has 1 aromatic heterocycles. The molecule has 5 heteroatoms. The number of amides is 2. The highest BCUT2D eigenvalue weighted by molar-refractivity contribution is 7.12. The third-order valence-electron chi connectivity index (χ3n) is 3.05. The molecule has 0 aliphatic rings. The van der Waals surface area contributed by atoms with E-state index in [1.807, 2.05) is 42.6 Å². The maximum atomic E-state index is 11.9. The van der Waals surface area contributed by atoms with Gasteiger partial charge in [0.25, 0.3) is 5.91 Å². The van der Waals surface area contributed by atoms with Crippen LogP contribution in [0.25, 0.3) is 0 Å². The van der Waals surface area contributed by atoms with Gasteiger partial charge in [-0.1, -0.05) is 31.2 Å². The van der Waals surface area contributed by atoms with Crippen LogP contribution < -0.4 is 10.6 Å². The number of aryl methyl sites for hydroxylation is 1. The van der Waals surface area contributed by atoms with Gasteiger partial charge in [-0.3, -0.25) is 9.59 Å². The lowest BCUT2D eigenvalue weighted by atomic mass is 10.1. The van der Waals surface area contributed by atoms with Crippen LogP contribution in [0.15, 0.2) is 41.8 Å². The van der Waals surface area contributed by atoms with Crippen LogP contribution in [0.5, 0.6) is 0 Å². The molecule has 110 valence electrons. The summed E-state index contributed by atoms with van der Waals surface area (Å²) in [7, 11) is 0. The first-order chi connectivity index (χ1) is 10.2. The van der Waals surface area contributed by atoms with Gasteiger partial charge in [0.05, 0.1) is 4.88 Å². The quantitative estimate of drug-likeness (QED) is 0.861. The molecule has 2 aromatic rings. The molecule has 0 saturated heterocycles. The highest BCUT2D eigenvalue weighted by atomic mass is 32.1. The van der Waals surface area contributed by atoms with E-state index in [2.05, 4.69) is 10.6 Å². The summed E-state index contributed by atoms with van der Waals surface area (Å²) in [6.07, 6.45) is 1.13. The van der Waals surface area contributed by atoms with Crippen molar-refractivity contribution in [1.29, 1.82) is 0 Å². The second kappa shape index (κ2) is 7.59. The molecule has 4 nitrogen and oxygen atoms in total. The maximum Gasteiger partial charge on any atom is 0.261 e. The topological polar surface area (TPSA) is 58.2 Å². The van der Waals surface area contributed by atoms with Gasteiger partial charge in [0.15, 0.2) is 0 Å². The third kappa shape index (κ3) is 4.43. The molecule has 0 unspecified atom stereocenters. The summed E-state index contributed by atoms with van der Waals surface area (Å²) in [5.74, 6) is -0.228. The minimum absolute atomic E-state index is 0.0950. The summed E-state index contributed by atoms with van der Waals surface area (Å²) < 4.78 is 0. The number of para-hydroxylation sites is 1. The van der Waals surface area contributed by atoms with E-state index in [0.29, 0.717) is 11.4 Å². The standard InChI is InChI=1S/C16H18N2O2S/c1-2-12-6-3-4-7-13(12)18-15(19)9-10-17-16(20)14-8-5-11-21-14/h3-8,11H,2,9-10H2,1H3,(H,17,20)(H,18,19). The number of benzene rings is 1. The van der Waals surface area contributed by atoms with E-state index in [1.165, 1.54) is 11.3 Å². The van der Waals surface area contributed by atoms with Gasteiger partial charge in [0.2, 0.25) is 5.91 Å². The Morgan fingerprint density at radius 3 is 2.67 bits per heavy atom. The van der Waals surface area contributed by atoms with Crippen LogP contribution in [-0.2, 0) is 11.2 Å². The lowest BCUT2D eigenvalue weighted by molar-refractivity contribution is -0.116. The first-order valence-corrected chi connectivity index (χ1v) is 7.78. The van der Waals surface area contributed by atoms with Gasteiger partial charge >= 0.3 is 0 Å². The smallest absolute Gasteiger partial charge is 0.261 e. The highest BCUT2D eigenvalue weighted by Gasteiger charge is 2.08. The lowest BCUT2D eigenvalue weighted by Crippen LogP contribution is -2.27. The van der Waals surface area contributed by atoms with Crippen LogP contribution in [0.4, 0.5) is 5.69 Å². The average Bonchev–Trinajstić information content (AvgIpc) is 3.02. The van der Waals surface area contributed by atoms with Gasteiger partial charge in [0.1, 0.15) is 0 Å². The lowest BCUT2D eigenvalue weighted by Gasteiger charge is -2.09. The molecular formula is C16H18N2O2S. The molecule has 0 bridgehead atoms. The zero-order valence-electron chi connectivity index (χ0n) is 11.9.